The van der Waals surface area contributed by atoms with E-state index in [1.165, 1.54) is 24.2 Å². The van der Waals surface area contributed by atoms with E-state index in [1.807, 2.05) is 7.05 Å². The minimum absolute atomic E-state index is 0.141. The van der Waals surface area contributed by atoms with Gasteiger partial charge in [0.15, 0.2) is 0 Å². The van der Waals surface area contributed by atoms with Crippen LogP contribution >= 0.6 is 11.3 Å². The average Bonchev–Trinajstić information content (AvgIpc) is 2.98. The highest BCUT2D eigenvalue weighted by Gasteiger charge is 2.33. The number of sulfonamides is 1. The molecule has 0 atom stereocenters. The van der Waals surface area contributed by atoms with E-state index >= 15 is 0 Å². The molecule has 7 heteroatoms. The molecule has 5 nitrogen and oxygen atoms in total. The van der Waals surface area contributed by atoms with E-state index in [9.17, 15) is 13.2 Å². The lowest BCUT2D eigenvalue weighted by atomic mass is 10.1. The molecular formula is C18H28N2O3S2. The number of thiophene rings is 1. The number of carbonyl (C=O) groups is 1. The first kappa shape index (κ1) is 18.9. The Morgan fingerprint density at radius 2 is 1.68 bits per heavy atom. The summed E-state index contributed by atoms with van der Waals surface area (Å²) in [7, 11) is -1.74. The molecule has 0 spiro atoms. The van der Waals surface area contributed by atoms with E-state index in [0.717, 1.165) is 44.9 Å². The Kier molecular flexibility index (Phi) is 6.17. The molecule has 1 saturated carbocycles. The molecule has 3 rings (SSSR count). The minimum Gasteiger partial charge on any atom is -0.338 e. The molecule has 1 amide bonds. The Bertz CT molecular complexity index is 685. The van der Waals surface area contributed by atoms with Gasteiger partial charge >= 0.3 is 0 Å². The van der Waals surface area contributed by atoms with Crippen molar-refractivity contribution in [2.75, 3.05) is 20.1 Å². The van der Waals surface area contributed by atoms with Crippen molar-refractivity contribution < 1.29 is 13.2 Å². The summed E-state index contributed by atoms with van der Waals surface area (Å²) in [6.07, 6.45) is 9.65. The highest BCUT2D eigenvalue weighted by Crippen LogP contribution is 2.30. The predicted octanol–water partition coefficient (Wildman–Crippen LogP) is 3.72. The van der Waals surface area contributed by atoms with Crippen LogP contribution in [0.5, 0.6) is 0 Å². The molecule has 1 saturated heterocycles. The van der Waals surface area contributed by atoms with Gasteiger partial charge in [-0.3, -0.25) is 4.79 Å². The SMILES string of the molecule is CN(C(=O)c1sccc1S(=O)(=O)N1CCCCC1)C1CCCCCC1. The summed E-state index contributed by atoms with van der Waals surface area (Å²) in [6, 6.07) is 1.82. The van der Waals surface area contributed by atoms with Gasteiger partial charge in [-0.25, -0.2) is 8.42 Å². The number of hydrogen-bond acceptors (Lipinski definition) is 4. The summed E-state index contributed by atoms with van der Waals surface area (Å²) in [5, 5.41) is 1.73. The molecule has 2 heterocycles. The largest absolute Gasteiger partial charge is 0.338 e. The number of amides is 1. The fraction of sp³-hybridized carbons (Fsp3) is 0.722. The molecule has 0 N–H and O–H groups in total. The van der Waals surface area contributed by atoms with Crippen molar-refractivity contribution in [2.45, 2.75) is 68.7 Å². The summed E-state index contributed by atoms with van der Waals surface area (Å²) in [4.78, 5) is 15.4. The fourth-order valence-corrected chi connectivity index (χ4v) is 6.77. The molecule has 0 unspecified atom stereocenters. The quantitative estimate of drug-likeness (QED) is 0.744. The van der Waals surface area contributed by atoms with Crippen LogP contribution in [0.15, 0.2) is 16.3 Å². The molecule has 1 aromatic rings. The van der Waals surface area contributed by atoms with Gasteiger partial charge in [-0.15, -0.1) is 11.3 Å². The third-order valence-corrected chi connectivity index (χ3v) is 8.42. The third kappa shape index (κ3) is 4.09. The maximum absolute atomic E-state index is 13.0. The highest BCUT2D eigenvalue weighted by molar-refractivity contribution is 7.89. The Morgan fingerprint density at radius 1 is 1.08 bits per heavy atom. The highest BCUT2D eigenvalue weighted by atomic mass is 32.2. The zero-order valence-corrected chi connectivity index (χ0v) is 16.6. The van der Waals surface area contributed by atoms with Crippen LogP contribution < -0.4 is 0 Å². The van der Waals surface area contributed by atoms with E-state index in [2.05, 4.69) is 0 Å². The molecule has 2 fully saturated rings. The second-order valence-corrected chi connectivity index (χ2v) is 9.96. The van der Waals surface area contributed by atoms with Crippen LogP contribution in [0.25, 0.3) is 0 Å². The number of piperidine rings is 1. The van der Waals surface area contributed by atoms with Crippen molar-refractivity contribution in [3.8, 4) is 0 Å². The van der Waals surface area contributed by atoms with Crippen molar-refractivity contribution in [3.63, 3.8) is 0 Å². The van der Waals surface area contributed by atoms with Gasteiger partial charge in [-0.05, 0) is 37.1 Å². The summed E-state index contributed by atoms with van der Waals surface area (Å²) in [6.45, 7) is 1.12. The van der Waals surface area contributed by atoms with Gasteiger partial charge in [0.2, 0.25) is 10.0 Å². The molecule has 1 aliphatic heterocycles. The zero-order valence-electron chi connectivity index (χ0n) is 14.9. The van der Waals surface area contributed by atoms with Gasteiger partial charge in [-0.2, -0.15) is 4.31 Å². The van der Waals surface area contributed by atoms with Crippen LogP contribution in [0.2, 0.25) is 0 Å². The Balaban J connectivity index is 1.81. The Morgan fingerprint density at radius 3 is 2.32 bits per heavy atom. The number of nitrogens with zero attached hydrogens (tertiary/aromatic N) is 2. The smallest absolute Gasteiger partial charge is 0.265 e. The van der Waals surface area contributed by atoms with Gasteiger partial charge in [-0.1, -0.05) is 32.1 Å². The minimum atomic E-state index is -3.57. The van der Waals surface area contributed by atoms with Gasteiger partial charge in [0, 0.05) is 26.2 Å². The van der Waals surface area contributed by atoms with Crippen molar-refractivity contribution in [1.29, 1.82) is 0 Å². The van der Waals surface area contributed by atoms with E-state index in [-0.39, 0.29) is 16.8 Å². The van der Waals surface area contributed by atoms with Crippen LogP contribution in [0.1, 0.15) is 67.5 Å². The first-order valence-corrected chi connectivity index (χ1v) is 11.7. The summed E-state index contributed by atoms with van der Waals surface area (Å²) in [5.74, 6) is -0.141. The Hall–Kier alpha value is -0.920. The lowest BCUT2D eigenvalue weighted by Gasteiger charge is -2.28. The van der Waals surface area contributed by atoms with Gasteiger partial charge in [0.25, 0.3) is 5.91 Å². The topological polar surface area (TPSA) is 57.7 Å². The van der Waals surface area contributed by atoms with Crippen LogP contribution in [0.4, 0.5) is 0 Å². The second kappa shape index (κ2) is 8.18. The molecule has 140 valence electrons. The molecule has 25 heavy (non-hydrogen) atoms. The monoisotopic (exact) mass is 384 g/mol. The molecule has 2 aliphatic rings. The number of carbonyl (C=O) groups excluding carboxylic acids is 1. The zero-order chi connectivity index (χ0) is 17.9. The maximum atomic E-state index is 13.0. The van der Waals surface area contributed by atoms with Crippen LogP contribution in [-0.2, 0) is 10.0 Å². The normalized spacial score (nSPS) is 21.0. The molecule has 0 radical (unpaired) electrons. The summed E-state index contributed by atoms with van der Waals surface area (Å²) >= 11 is 1.25. The Labute approximate surface area is 155 Å². The molecule has 0 aromatic carbocycles. The first-order valence-electron chi connectivity index (χ1n) is 9.36. The summed E-state index contributed by atoms with van der Waals surface area (Å²) < 4.78 is 27.5. The maximum Gasteiger partial charge on any atom is 0.265 e. The van der Waals surface area contributed by atoms with Crippen LogP contribution in [-0.4, -0.2) is 49.7 Å². The van der Waals surface area contributed by atoms with E-state index in [1.54, 1.807) is 20.7 Å². The van der Waals surface area contributed by atoms with Crippen LogP contribution in [0.3, 0.4) is 0 Å². The first-order chi connectivity index (χ1) is 12.0. The summed E-state index contributed by atoms with van der Waals surface area (Å²) in [5.41, 5.74) is 0. The second-order valence-electron chi connectivity index (χ2n) is 7.14. The van der Waals surface area contributed by atoms with Crippen molar-refractivity contribution in [3.05, 3.63) is 16.3 Å². The lowest BCUT2D eigenvalue weighted by molar-refractivity contribution is 0.0719. The standard InChI is InChI=1S/C18H28N2O3S2/c1-19(15-9-5-2-3-6-10-15)18(21)17-16(11-14-24-17)25(22,23)20-12-7-4-8-13-20/h11,14-15H,2-10,12-13H2,1H3. The van der Waals surface area contributed by atoms with Crippen molar-refractivity contribution in [1.82, 2.24) is 9.21 Å². The molecule has 0 bridgehead atoms. The van der Waals surface area contributed by atoms with E-state index < -0.39 is 10.0 Å². The molecule has 1 aromatic heterocycles. The van der Waals surface area contributed by atoms with E-state index in [0.29, 0.717) is 18.0 Å². The molecular weight excluding hydrogens is 356 g/mol. The van der Waals surface area contributed by atoms with Crippen molar-refractivity contribution >= 4 is 27.3 Å². The molecule has 1 aliphatic carbocycles. The fourth-order valence-electron chi connectivity index (χ4n) is 3.87. The van der Waals surface area contributed by atoms with Crippen LogP contribution in [0, 0.1) is 0 Å². The lowest BCUT2D eigenvalue weighted by Crippen LogP contribution is -2.39. The van der Waals surface area contributed by atoms with Gasteiger partial charge in [0.1, 0.15) is 9.77 Å². The van der Waals surface area contributed by atoms with E-state index in [4.69, 9.17) is 0 Å². The predicted molar refractivity (Wildman–Crippen MR) is 101 cm³/mol. The number of hydrogen-bond donors (Lipinski definition) is 0. The van der Waals surface area contributed by atoms with Crippen molar-refractivity contribution in [2.24, 2.45) is 0 Å². The average molecular weight is 385 g/mol. The number of rotatable bonds is 4. The third-order valence-electron chi connectivity index (χ3n) is 5.45. The van der Waals surface area contributed by atoms with Gasteiger partial charge < -0.3 is 4.90 Å². The van der Waals surface area contributed by atoms with Gasteiger partial charge in [0.05, 0.1) is 0 Å².